The first-order valence-electron chi connectivity index (χ1n) is 8.02. The number of nitrogen functional groups attached to an aromatic ring is 1. The number of hydrogen-bond donors (Lipinski definition) is 2. The topological polar surface area (TPSA) is 64.3 Å². The van der Waals surface area contributed by atoms with Gasteiger partial charge in [-0.3, -0.25) is 0 Å². The lowest BCUT2D eigenvalue weighted by Gasteiger charge is -2.13. The van der Waals surface area contributed by atoms with Crippen LogP contribution in [-0.2, 0) is 4.74 Å². The van der Waals surface area contributed by atoms with Crippen molar-refractivity contribution in [3.05, 3.63) is 23.8 Å². The normalized spacial score (nSPS) is 15.1. The van der Waals surface area contributed by atoms with Crippen LogP contribution in [0.3, 0.4) is 0 Å². The second-order valence-corrected chi connectivity index (χ2v) is 5.71. The van der Waals surface area contributed by atoms with E-state index in [0.29, 0.717) is 17.9 Å². The van der Waals surface area contributed by atoms with Gasteiger partial charge in [-0.2, -0.15) is 0 Å². The van der Waals surface area contributed by atoms with Gasteiger partial charge in [0, 0.05) is 6.54 Å². The molecule has 2 rings (SSSR count). The highest BCUT2D eigenvalue weighted by atomic mass is 16.5. The third kappa shape index (κ3) is 4.38. The van der Waals surface area contributed by atoms with Gasteiger partial charge in [-0.1, -0.05) is 31.7 Å². The van der Waals surface area contributed by atoms with Gasteiger partial charge in [-0.05, 0) is 37.8 Å². The fraction of sp³-hybridized carbons (Fsp3) is 0.588. The van der Waals surface area contributed by atoms with Crippen LogP contribution in [0.15, 0.2) is 18.2 Å². The van der Waals surface area contributed by atoms with Crippen molar-refractivity contribution in [2.24, 2.45) is 5.92 Å². The summed E-state index contributed by atoms with van der Waals surface area (Å²) in [5.41, 5.74) is 7.81. The molecule has 1 aliphatic rings. The van der Waals surface area contributed by atoms with E-state index in [1.54, 1.807) is 13.0 Å². The molecule has 1 fully saturated rings. The van der Waals surface area contributed by atoms with Crippen LogP contribution in [-0.4, -0.2) is 19.1 Å². The maximum Gasteiger partial charge on any atom is 0.340 e. The van der Waals surface area contributed by atoms with E-state index < -0.39 is 0 Å². The van der Waals surface area contributed by atoms with Gasteiger partial charge in [-0.15, -0.1) is 0 Å². The van der Waals surface area contributed by atoms with E-state index in [0.717, 1.165) is 24.6 Å². The van der Waals surface area contributed by atoms with Crippen LogP contribution in [0.2, 0.25) is 0 Å². The van der Waals surface area contributed by atoms with E-state index in [4.69, 9.17) is 10.5 Å². The molecular formula is C17H26N2O2. The zero-order valence-electron chi connectivity index (χ0n) is 12.9. The molecule has 0 heterocycles. The molecule has 0 aromatic heterocycles. The lowest BCUT2D eigenvalue weighted by atomic mass is 10.0. The fourth-order valence-electron chi connectivity index (χ4n) is 3.02. The predicted molar refractivity (Wildman–Crippen MR) is 86.5 cm³/mol. The van der Waals surface area contributed by atoms with Gasteiger partial charge in [-0.25, -0.2) is 4.79 Å². The molecule has 0 amide bonds. The number of carbonyl (C=O) groups is 1. The highest BCUT2D eigenvalue weighted by Gasteiger charge is 2.15. The third-order valence-corrected chi connectivity index (χ3v) is 4.18. The first kappa shape index (κ1) is 15.7. The second kappa shape index (κ2) is 7.91. The average Bonchev–Trinajstić information content (AvgIpc) is 2.98. The van der Waals surface area contributed by atoms with Gasteiger partial charge in [0.1, 0.15) is 0 Å². The van der Waals surface area contributed by atoms with Crippen LogP contribution >= 0.6 is 0 Å². The van der Waals surface area contributed by atoms with Gasteiger partial charge in [0.15, 0.2) is 0 Å². The Balaban J connectivity index is 1.84. The van der Waals surface area contributed by atoms with Crippen LogP contribution in [0.4, 0.5) is 11.4 Å². The van der Waals surface area contributed by atoms with Crippen LogP contribution in [0, 0.1) is 5.92 Å². The summed E-state index contributed by atoms with van der Waals surface area (Å²) < 4.78 is 5.01. The molecule has 1 aromatic rings. The van der Waals surface area contributed by atoms with Crippen molar-refractivity contribution in [3.63, 3.8) is 0 Å². The molecule has 3 N–H and O–H groups in total. The number of anilines is 2. The summed E-state index contributed by atoms with van der Waals surface area (Å²) in [6.07, 6.45) is 8.00. The number of benzene rings is 1. The zero-order valence-corrected chi connectivity index (χ0v) is 12.9. The maximum atomic E-state index is 11.8. The smallest absolute Gasteiger partial charge is 0.340 e. The zero-order chi connectivity index (χ0) is 15.1. The molecule has 0 atom stereocenters. The number of rotatable bonds is 7. The van der Waals surface area contributed by atoms with E-state index >= 15 is 0 Å². The summed E-state index contributed by atoms with van der Waals surface area (Å²) in [6, 6.07) is 5.45. The Hall–Kier alpha value is -1.71. The Bertz CT molecular complexity index is 468. The van der Waals surface area contributed by atoms with Crippen molar-refractivity contribution >= 4 is 17.3 Å². The van der Waals surface area contributed by atoms with Crippen molar-refractivity contribution in [1.29, 1.82) is 0 Å². The summed E-state index contributed by atoms with van der Waals surface area (Å²) in [5.74, 6) is 0.555. The first-order chi connectivity index (χ1) is 10.2. The summed E-state index contributed by atoms with van der Waals surface area (Å²) >= 11 is 0. The summed E-state index contributed by atoms with van der Waals surface area (Å²) in [7, 11) is 0. The molecule has 4 nitrogen and oxygen atoms in total. The maximum absolute atomic E-state index is 11.8. The van der Waals surface area contributed by atoms with Crippen molar-refractivity contribution in [3.8, 4) is 0 Å². The number of carbonyl (C=O) groups excluding carboxylic acids is 1. The minimum absolute atomic E-state index is 0.357. The molecule has 0 bridgehead atoms. The highest BCUT2D eigenvalue weighted by Crippen LogP contribution is 2.29. The Morgan fingerprint density at radius 3 is 2.86 bits per heavy atom. The monoisotopic (exact) mass is 290 g/mol. The Kier molecular flexibility index (Phi) is 5.90. The quantitative estimate of drug-likeness (QED) is 0.455. The molecular weight excluding hydrogens is 264 g/mol. The van der Waals surface area contributed by atoms with Crippen molar-refractivity contribution in [1.82, 2.24) is 0 Å². The van der Waals surface area contributed by atoms with Crippen LogP contribution in [0.25, 0.3) is 0 Å². The lowest BCUT2D eigenvalue weighted by molar-refractivity contribution is 0.0527. The van der Waals surface area contributed by atoms with Crippen molar-refractivity contribution in [2.75, 3.05) is 24.2 Å². The molecule has 116 valence electrons. The van der Waals surface area contributed by atoms with Gasteiger partial charge >= 0.3 is 5.97 Å². The SMILES string of the molecule is CCOC(=O)c1cccc(NCCCC2CCCC2)c1N. The molecule has 0 aliphatic heterocycles. The molecule has 1 aromatic carbocycles. The summed E-state index contributed by atoms with van der Waals surface area (Å²) in [6.45, 7) is 3.05. The molecule has 0 unspecified atom stereocenters. The minimum atomic E-state index is -0.357. The standard InChI is InChI=1S/C17H26N2O2/c1-2-21-17(20)14-10-5-11-15(16(14)18)19-12-6-9-13-7-3-4-8-13/h5,10-11,13,19H,2-4,6-9,12,18H2,1H3. The molecule has 1 aliphatic carbocycles. The van der Waals surface area contributed by atoms with E-state index in [1.807, 2.05) is 12.1 Å². The van der Waals surface area contributed by atoms with Crippen LogP contribution in [0.1, 0.15) is 55.8 Å². The number of esters is 1. The van der Waals surface area contributed by atoms with Gasteiger partial charge < -0.3 is 15.8 Å². The predicted octanol–water partition coefficient (Wildman–Crippen LogP) is 3.83. The number of nitrogens with two attached hydrogens (primary N) is 1. The molecule has 1 saturated carbocycles. The van der Waals surface area contributed by atoms with E-state index in [9.17, 15) is 4.79 Å². The third-order valence-electron chi connectivity index (χ3n) is 4.18. The van der Waals surface area contributed by atoms with E-state index in [2.05, 4.69) is 5.32 Å². The molecule has 4 heteroatoms. The Morgan fingerprint density at radius 1 is 1.38 bits per heavy atom. The molecule has 0 radical (unpaired) electrons. The summed E-state index contributed by atoms with van der Waals surface area (Å²) in [5, 5.41) is 3.34. The number of ether oxygens (including phenoxy) is 1. The Morgan fingerprint density at radius 2 is 2.14 bits per heavy atom. The molecule has 0 spiro atoms. The van der Waals surface area contributed by atoms with Gasteiger partial charge in [0.25, 0.3) is 0 Å². The molecule has 21 heavy (non-hydrogen) atoms. The molecule has 0 saturated heterocycles. The number of hydrogen-bond acceptors (Lipinski definition) is 4. The fourth-order valence-corrected chi connectivity index (χ4v) is 3.02. The van der Waals surface area contributed by atoms with Crippen LogP contribution < -0.4 is 11.1 Å². The largest absolute Gasteiger partial charge is 0.462 e. The highest BCUT2D eigenvalue weighted by molar-refractivity contribution is 5.98. The minimum Gasteiger partial charge on any atom is -0.462 e. The van der Waals surface area contributed by atoms with E-state index in [-0.39, 0.29) is 5.97 Å². The number of nitrogens with one attached hydrogen (secondary N) is 1. The lowest BCUT2D eigenvalue weighted by Crippen LogP contribution is -2.11. The average molecular weight is 290 g/mol. The first-order valence-corrected chi connectivity index (χ1v) is 8.02. The summed E-state index contributed by atoms with van der Waals surface area (Å²) in [4.78, 5) is 11.8. The van der Waals surface area contributed by atoms with Crippen LogP contribution in [0.5, 0.6) is 0 Å². The van der Waals surface area contributed by atoms with Gasteiger partial charge in [0.05, 0.1) is 23.5 Å². The Labute approximate surface area is 127 Å². The number of para-hydroxylation sites is 1. The van der Waals surface area contributed by atoms with Crippen molar-refractivity contribution in [2.45, 2.75) is 45.4 Å². The second-order valence-electron chi connectivity index (χ2n) is 5.71. The van der Waals surface area contributed by atoms with Gasteiger partial charge in [0.2, 0.25) is 0 Å². The van der Waals surface area contributed by atoms with E-state index in [1.165, 1.54) is 32.1 Å². The van der Waals surface area contributed by atoms with Crippen molar-refractivity contribution < 1.29 is 9.53 Å².